The highest BCUT2D eigenvalue weighted by Gasteiger charge is 2.47. The molecule has 1 nitrogen and oxygen atoms in total. The lowest BCUT2D eigenvalue weighted by Gasteiger charge is -2.35. The molecule has 0 N–H and O–H groups in total. The number of hydrogen-bond acceptors (Lipinski definition) is 0. The fourth-order valence-corrected chi connectivity index (χ4v) is 9.83. The number of hydrogen-bond donors (Lipinski definition) is 0. The molecule has 1 unspecified atom stereocenters. The number of aromatic nitrogens is 1. The zero-order chi connectivity index (χ0) is 37.1. The molecule has 1 atom stereocenters. The molecule has 0 bridgehead atoms. The van der Waals surface area contributed by atoms with Gasteiger partial charge in [0.25, 0.3) is 0 Å². The molecule has 1 aromatic heterocycles. The van der Waals surface area contributed by atoms with E-state index in [0.29, 0.717) is 0 Å². The Balaban J connectivity index is 1.18. The Morgan fingerprint density at radius 1 is 0.393 bits per heavy atom. The lowest BCUT2D eigenvalue weighted by Crippen LogP contribution is -2.29. The summed E-state index contributed by atoms with van der Waals surface area (Å²) < 4.78 is 2.46. The number of benzene rings is 8. The van der Waals surface area contributed by atoms with E-state index in [9.17, 15) is 0 Å². The summed E-state index contributed by atoms with van der Waals surface area (Å²) in [4.78, 5) is 0. The van der Waals surface area contributed by atoms with Gasteiger partial charge in [-0.3, -0.25) is 0 Å². The van der Waals surface area contributed by atoms with Crippen LogP contribution >= 0.6 is 0 Å². The minimum Gasteiger partial charge on any atom is -0.309 e. The lowest BCUT2D eigenvalue weighted by atomic mass is 9.66. The summed E-state index contributed by atoms with van der Waals surface area (Å²) in [5, 5.41) is 7.36. The first-order chi connectivity index (χ1) is 27.8. The predicted octanol–water partition coefficient (Wildman–Crippen LogP) is 14.5. The van der Waals surface area contributed by atoms with Crippen LogP contribution in [-0.2, 0) is 5.41 Å². The van der Waals surface area contributed by atoms with Crippen molar-refractivity contribution in [3.05, 3.63) is 235 Å². The monoisotopic (exact) mass is 713 g/mol. The van der Waals surface area contributed by atoms with Crippen LogP contribution in [-0.4, -0.2) is 4.57 Å². The molecule has 8 aromatic carbocycles. The minimum absolute atomic E-state index is 0.386. The van der Waals surface area contributed by atoms with E-state index in [-0.39, 0.29) is 5.41 Å². The van der Waals surface area contributed by atoms with Gasteiger partial charge in [0.2, 0.25) is 0 Å². The molecule has 0 aliphatic heterocycles. The highest BCUT2D eigenvalue weighted by molar-refractivity contribution is 6.19. The van der Waals surface area contributed by atoms with Crippen LogP contribution in [0.4, 0.5) is 0 Å². The summed E-state index contributed by atoms with van der Waals surface area (Å²) in [6.07, 6.45) is 9.34. The maximum Gasteiger partial charge on any atom is 0.0710 e. The summed E-state index contributed by atoms with van der Waals surface area (Å²) in [5.41, 5.74) is 13.5. The average Bonchev–Trinajstić information content (AvgIpc) is 3.60. The number of fused-ring (bicyclic) bond motifs is 10. The van der Waals surface area contributed by atoms with Crippen LogP contribution < -0.4 is 0 Å². The maximum atomic E-state index is 2.47. The molecule has 1 heterocycles. The standard InChI is InChI=1S/C55H39N/c1-3-18-39(19-4-1)55(40-20-5-2-6-21-40)50-30-14-11-28-49(50)54-42(29-17-31-51(54)55)38-34-36-41(37-35-38)56-52-32-15-12-26-47(52)45-24-9-7-22-43(45)44-23-8-10-25-46(44)48-27-13-16-33-53(48)56/h1,3-5,7-37H,2,6H2. The summed E-state index contributed by atoms with van der Waals surface area (Å²) in [5.74, 6) is 0. The van der Waals surface area contributed by atoms with Gasteiger partial charge < -0.3 is 4.57 Å². The van der Waals surface area contributed by atoms with Crippen LogP contribution in [0.2, 0.25) is 0 Å². The molecule has 1 heteroatoms. The van der Waals surface area contributed by atoms with E-state index in [1.54, 1.807) is 0 Å². The van der Waals surface area contributed by atoms with Crippen molar-refractivity contribution in [1.29, 1.82) is 0 Å². The number of para-hydroxylation sites is 2. The topological polar surface area (TPSA) is 4.93 Å². The smallest absolute Gasteiger partial charge is 0.0710 e. The van der Waals surface area contributed by atoms with Crippen molar-refractivity contribution >= 4 is 43.4 Å². The van der Waals surface area contributed by atoms with Gasteiger partial charge >= 0.3 is 0 Å². The van der Waals surface area contributed by atoms with Gasteiger partial charge in [-0.05, 0) is 103 Å². The van der Waals surface area contributed by atoms with Crippen molar-refractivity contribution in [2.45, 2.75) is 18.3 Å². The largest absolute Gasteiger partial charge is 0.309 e. The van der Waals surface area contributed by atoms with Crippen LogP contribution in [0.3, 0.4) is 0 Å². The van der Waals surface area contributed by atoms with Crippen molar-refractivity contribution in [3.63, 3.8) is 0 Å². The van der Waals surface area contributed by atoms with Gasteiger partial charge in [0.05, 0.1) is 16.4 Å². The summed E-state index contributed by atoms with van der Waals surface area (Å²) >= 11 is 0. The lowest BCUT2D eigenvalue weighted by molar-refractivity contribution is 0.751. The maximum absolute atomic E-state index is 2.47. The van der Waals surface area contributed by atoms with Crippen molar-refractivity contribution in [2.75, 3.05) is 0 Å². The van der Waals surface area contributed by atoms with Crippen molar-refractivity contribution in [3.8, 4) is 27.9 Å². The Hall–Kier alpha value is -6.96. The Labute approximate surface area is 327 Å². The first kappa shape index (κ1) is 32.5. The first-order valence-electron chi connectivity index (χ1n) is 19.8. The van der Waals surface area contributed by atoms with Crippen molar-refractivity contribution in [1.82, 2.24) is 4.57 Å². The number of allylic oxidation sites excluding steroid dienone is 4. The van der Waals surface area contributed by atoms with E-state index in [1.165, 1.54) is 76.8 Å². The quantitative estimate of drug-likeness (QED) is 0.171. The highest BCUT2D eigenvalue weighted by Crippen LogP contribution is 2.59. The zero-order valence-electron chi connectivity index (χ0n) is 31.1. The van der Waals surface area contributed by atoms with Gasteiger partial charge in [-0.15, -0.1) is 0 Å². The van der Waals surface area contributed by atoms with Crippen molar-refractivity contribution in [2.24, 2.45) is 0 Å². The van der Waals surface area contributed by atoms with Crippen LogP contribution in [0.5, 0.6) is 0 Å². The second-order valence-corrected chi connectivity index (χ2v) is 15.0. The molecule has 2 aliphatic carbocycles. The van der Waals surface area contributed by atoms with E-state index in [4.69, 9.17) is 0 Å². The molecule has 0 amide bonds. The molecule has 11 rings (SSSR count). The van der Waals surface area contributed by atoms with E-state index in [2.05, 4.69) is 217 Å². The molecule has 9 aromatic rings. The number of rotatable bonds is 4. The molecule has 264 valence electrons. The normalized spacial score (nSPS) is 15.8. The highest BCUT2D eigenvalue weighted by atomic mass is 15.0. The Morgan fingerprint density at radius 2 is 0.911 bits per heavy atom. The molecular formula is C55H39N. The van der Waals surface area contributed by atoms with Crippen molar-refractivity contribution < 1.29 is 0 Å². The van der Waals surface area contributed by atoms with Gasteiger partial charge in [-0.2, -0.15) is 0 Å². The Morgan fingerprint density at radius 3 is 1.54 bits per heavy atom. The third-order valence-corrected chi connectivity index (χ3v) is 12.2. The second-order valence-electron chi connectivity index (χ2n) is 15.0. The third kappa shape index (κ3) is 4.81. The predicted molar refractivity (Wildman–Crippen MR) is 237 cm³/mol. The fourth-order valence-electron chi connectivity index (χ4n) is 9.83. The second kappa shape index (κ2) is 13.1. The molecule has 2 aliphatic rings. The van der Waals surface area contributed by atoms with Gasteiger partial charge in [0.1, 0.15) is 0 Å². The minimum atomic E-state index is -0.386. The average molecular weight is 714 g/mol. The molecule has 0 fully saturated rings. The van der Waals surface area contributed by atoms with Crippen LogP contribution in [0.25, 0.3) is 71.3 Å². The fraction of sp³-hybridized carbons (Fsp3) is 0.0545. The van der Waals surface area contributed by atoms with E-state index >= 15 is 0 Å². The molecule has 0 radical (unpaired) electrons. The van der Waals surface area contributed by atoms with E-state index < -0.39 is 0 Å². The summed E-state index contributed by atoms with van der Waals surface area (Å²) in [6.45, 7) is 0. The van der Waals surface area contributed by atoms with E-state index in [0.717, 1.165) is 29.6 Å². The SMILES string of the molecule is C1=CC(C2(c3ccccc3)c3ccccc3-c3c(-c4ccc(-n5c6ccccc6c6ccccc6c6ccccc6c6ccccc65)cc4)cccc32)=CCC1. The molecular weight excluding hydrogens is 675 g/mol. The molecule has 56 heavy (non-hydrogen) atoms. The first-order valence-corrected chi connectivity index (χ1v) is 19.8. The van der Waals surface area contributed by atoms with Gasteiger partial charge in [0.15, 0.2) is 0 Å². The van der Waals surface area contributed by atoms with E-state index in [1.807, 2.05) is 0 Å². The summed E-state index contributed by atoms with van der Waals surface area (Å²) in [6, 6.07) is 71.9. The zero-order valence-corrected chi connectivity index (χ0v) is 31.1. The molecule has 0 spiro atoms. The summed E-state index contributed by atoms with van der Waals surface area (Å²) in [7, 11) is 0. The Bertz CT molecular complexity index is 3020. The van der Waals surface area contributed by atoms with Crippen LogP contribution in [0.15, 0.2) is 218 Å². The van der Waals surface area contributed by atoms with Gasteiger partial charge in [-0.25, -0.2) is 0 Å². The van der Waals surface area contributed by atoms with Gasteiger partial charge in [0, 0.05) is 16.5 Å². The molecule has 0 saturated heterocycles. The Kier molecular flexibility index (Phi) is 7.60. The van der Waals surface area contributed by atoms with Crippen LogP contribution in [0, 0.1) is 0 Å². The third-order valence-electron chi connectivity index (χ3n) is 12.2. The van der Waals surface area contributed by atoms with Gasteiger partial charge in [-0.1, -0.05) is 188 Å². The molecule has 0 saturated carbocycles. The number of nitrogens with zero attached hydrogens (tertiary/aromatic N) is 1. The van der Waals surface area contributed by atoms with Crippen LogP contribution in [0.1, 0.15) is 29.5 Å².